The molecular weight excluding hydrogens is 209 g/mol. The molecule has 1 aliphatic rings. The molecule has 82 valence electrons. The Kier molecular flexibility index (Phi) is 2.81. The number of cyclic esters (lactones) is 1. The van der Waals surface area contributed by atoms with E-state index < -0.39 is 5.97 Å². The molecule has 0 saturated carbocycles. The van der Waals surface area contributed by atoms with Gasteiger partial charge < -0.3 is 4.74 Å². The average molecular weight is 219 g/mol. The van der Waals surface area contributed by atoms with Crippen LogP contribution in [-0.4, -0.2) is 11.9 Å². The summed E-state index contributed by atoms with van der Waals surface area (Å²) >= 11 is 0. The van der Waals surface area contributed by atoms with E-state index in [0.29, 0.717) is 17.9 Å². The van der Waals surface area contributed by atoms with Crippen molar-refractivity contribution in [3.05, 3.63) is 41.3 Å². The molecule has 0 amide bonds. The van der Waals surface area contributed by atoms with Crippen LogP contribution in [0.5, 0.6) is 0 Å². The Morgan fingerprint density at radius 1 is 1.44 bits per heavy atom. The van der Waals surface area contributed by atoms with Crippen LogP contribution >= 0.6 is 0 Å². The van der Waals surface area contributed by atoms with Crippen LogP contribution in [0.2, 0.25) is 0 Å². The van der Waals surface area contributed by atoms with Gasteiger partial charge in [-0.15, -0.1) is 0 Å². The van der Waals surface area contributed by atoms with Crippen molar-refractivity contribution in [3.63, 3.8) is 0 Å². The molecular formula is C12H10FNO2. The maximum Gasteiger partial charge on any atom is 0.363 e. The summed E-state index contributed by atoms with van der Waals surface area (Å²) in [4.78, 5) is 15.3. The summed E-state index contributed by atoms with van der Waals surface area (Å²) in [6.07, 6.45) is 1.93. The number of esters is 1. The van der Waals surface area contributed by atoms with Gasteiger partial charge in [0, 0.05) is 12.0 Å². The predicted molar refractivity (Wildman–Crippen MR) is 58.2 cm³/mol. The predicted octanol–water partition coefficient (Wildman–Crippen LogP) is 2.53. The second-order valence-electron chi connectivity index (χ2n) is 3.30. The van der Waals surface area contributed by atoms with Crippen LogP contribution in [0.1, 0.15) is 18.9 Å². The van der Waals surface area contributed by atoms with Crippen molar-refractivity contribution < 1.29 is 13.9 Å². The molecule has 0 spiro atoms. The molecule has 0 bridgehead atoms. The second kappa shape index (κ2) is 4.26. The first-order valence-corrected chi connectivity index (χ1v) is 4.96. The van der Waals surface area contributed by atoms with Crippen molar-refractivity contribution in [1.82, 2.24) is 0 Å². The molecule has 3 nitrogen and oxygen atoms in total. The number of carbonyl (C=O) groups is 1. The molecule has 0 fully saturated rings. The molecule has 16 heavy (non-hydrogen) atoms. The van der Waals surface area contributed by atoms with E-state index in [1.165, 1.54) is 12.1 Å². The molecule has 0 saturated heterocycles. The van der Waals surface area contributed by atoms with E-state index in [0.717, 1.165) is 0 Å². The lowest BCUT2D eigenvalue weighted by molar-refractivity contribution is -0.130. The number of ether oxygens (including phenoxy) is 1. The van der Waals surface area contributed by atoms with Gasteiger partial charge in [0.25, 0.3) is 0 Å². The SMILES string of the molecule is CCC1=NC(=Cc2ccccc2F)C(=O)O1. The lowest BCUT2D eigenvalue weighted by Crippen LogP contribution is -2.02. The van der Waals surface area contributed by atoms with Crippen molar-refractivity contribution in [2.75, 3.05) is 0 Å². The summed E-state index contributed by atoms with van der Waals surface area (Å²) in [5.74, 6) is -0.546. The number of benzene rings is 1. The van der Waals surface area contributed by atoms with Crippen molar-refractivity contribution in [2.24, 2.45) is 4.99 Å². The van der Waals surface area contributed by atoms with Gasteiger partial charge in [0.05, 0.1) is 0 Å². The molecule has 1 aromatic rings. The van der Waals surface area contributed by atoms with Gasteiger partial charge in [0.2, 0.25) is 0 Å². The van der Waals surface area contributed by atoms with Gasteiger partial charge in [-0.2, -0.15) is 0 Å². The number of hydrogen-bond acceptors (Lipinski definition) is 3. The highest BCUT2D eigenvalue weighted by Crippen LogP contribution is 2.18. The van der Waals surface area contributed by atoms with Gasteiger partial charge in [-0.05, 0) is 12.1 Å². The normalized spacial score (nSPS) is 17.5. The van der Waals surface area contributed by atoms with Crippen LogP contribution in [-0.2, 0) is 9.53 Å². The lowest BCUT2D eigenvalue weighted by Gasteiger charge is -1.95. The standard InChI is InChI=1S/C12H10FNO2/c1-2-11-14-10(12(15)16-11)7-8-5-3-4-6-9(8)13/h3-7H,2H2,1H3. The molecule has 1 aromatic carbocycles. The minimum absolute atomic E-state index is 0.141. The molecule has 0 aromatic heterocycles. The highest BCUT2D eigenvalue weighted by Gasteiger charge is 2.21. The number of rotatable bonds is 2. The Bertz CT molecular complexity index is 492. The quantitative estimate of drug-likeness (QED) is 0.566. The zero-order valence-electron chi connectivity index (χ0n) is 8.74. The highest BCUT2D eigenvalue weighted by molar-refractivity contribution is 6.07. The molecule has 0 radical (unpaired) electrons. The zero-order chi connectivity index (χ0) is 11.5. The maximum atomic E-state index is 13.3. The summed E-state index contributed by atoms with van der Waals surface area (Å²) in [7, 11) is 0. The van der Waals surface area contributed by atoms with Gasteiger partial charge in [-0.3, -0.25) is 0 Å². The van der Waals surface area contributed by atoms with E-state index in [9.17, 15) is 9.18 Å². The fourth-order valence-electron chi connectivity index (χ4n) is 1.34. The summed E-state index contributed by atoms with van der Waals surface area (Å²) in [5, 5.41) is 0. The van der Waals surface area contributed by atoms with Gasteiger partial charge in [-0.25, -0.2) is 14.2 Å². The Morgan fingerprint density at radius 2 is 2.19 bits per heavy atom. The van der Waals surface area contributed by atoms with Gasteiger partial charge in [-0.1, -0.05) is 25.1 Å². The molecule has 1 heterocycles. The Balaban J connectivity index is 2.35. The Hall–Kier alpha value is -1.97. The monoisotopic (exact) mass is 219 g/mol. The summed E-state index contributed by atoms with van der Waals surface area (Å²) in [6, 6.07) is 6.19. The highest BCUT2D eigenvalue weighted by atomic mass is 19.1. The number of carbonyl (C=O) groups excluding carboxylic acids is 1. The topological polar surface area (TPSA) is 38.7 Å². The minimum atomic E-state index is -0.528. The second-order valence-corrected chi connectivity index (χ2v) is 3.30. The van der Waals surface area contributed by atoms with E-state index in [1.807, 2.05) is 6.92 Å². The van der Waals surface area contributed by atoms with E-state index in [-0.39, 0.29) is 11.5 Å². The molecule has 1 aliphatic heterocycles. The summed E-state index contributed by atoms with van der Waals surface area (Å²) in [6.45, 7) is 1.83. The first kappa shape index (κ1) is 10.5. The van der Waals surface area contributed by atoms with Crippen molar-refractivity contribution in [3.8, 4) is 0 Å². The third kappa shape index (κ3) is 2.00. The third-order valence-electron chi connectivity index (χ3n) is 2.16. The average Bonchev–Trinajstić information content (AvgIpc) is 2.63. The van der Waals surface area contributed by atoms with Crippen LogP contribution in [0.4, 0.5) is 4.39 Å². The zero-order valence-corrected chi connectivity index (χ0v) is 8.74. The third-order valence-corrected chi connectivity index (χ3v) is 2.16. The fraction of sp³-hybridized carbons (Fsp3) is 0.167. The first-order chi connectivity index (χ1) is 7.70. The van der Waals surface area contributed by atoms with Gasteiger partial charge >= 0.3 is 5.97 Å². The number of halogens is 1. The van der Waals surface area contributed by atoms with E-state index >= 15 is 0 Å². The number of aliphatic imine (C=N–C) groups is 1. The van der Waals surface area contributed by atoms with Crippen LogP contribution in [0.25, 0.3) is 6.08 Å². The largest absolute Gasteiger partial charge is 0.407 e. The molecule has 0 aliphatic carbocycles. The lowest BCUT2D eigenvalue weighted by atomic mass is 10.2. The molecule has 0 atom stereocenters. The van der Waals surface area contributed by atoms with Crippen LogP contribution in [0.3, 0.4) is 0 Å². The molecule has 0 N–H and O–H groups in total. The molecule has 2 rings (SSSR count). The van der Waals surface area contributed by atoms with Crippen LogP contribution < -0.4 is 0 Å². The fourth-order valence-corrected chi connectivity index (χ4v) is 1.34. The molecule has 0 unspecified atom stereocenters. The van der Waals surface area contributed by atoms with E-state index in [1.54, 1.807) is 18.2 Å². The summed E-state index contributed by atoms with van der Waals surface area (Å²) < 4.78 is 18.2. The van der Waals surface area contributed by atoms with Crippen LogP contribution in [0, 0.1) is 5.82 Å². The minimum Gasteiger partial charge on any atom is -0.407 e. The number of hydrogen-bond donors (Lipinski definition) is 0. The van der Waals surface area contributed by atoms with Gasteiger partial charge in [0.1, 0.15) is 5.82 Å². The summed E-state index contributed by atoms with van der Waals surface area (Å²) in [5.41, 5.74) is 0.470. The Morgan fingerprint density at radius 3 is 2.81 bits per heavy atom. The number of nitrogens with zero attached hydrogens (tertiary/aromatic N) is 1. The van der Waals surface area contributed by atoms with Crippen molar-refractivity contribution >= 4 is 17.9 Å². The smallest absolute Gasteiger partial charge is 0.363 e. The van der Waals surface area contributed by atoms with Crippen molar-refractivity contribution in [2.45, 2.75) is 13.3 Å². The first-order valence-electron chi connectivity index (χ1n) is 4.96. The van der Waals surface area contributed by atoms with Crippen molar-refractivity contribution in [1.29, 1.82) is 0 Å². The van der Waals surface area contributed by atoms with E-state index in [4.69, 9.17) is 4.74 Å². The molecule has 4 heteroatoms. The van der Waals surface area contributed by atoms with Gasteiger partial charge in [0.15, 0.2) is 11.6 Å². The Labute approximate surface area is 92.3 Å². The van der Waals surface area contributed by atoms with Crippen LogP contribution in [0.15, 0.2) is 35.0 Å². The van der Waals surface area contributed by atoms with E-state index in [2.05, 4.69) is 4.99 Å². The maximum absolute atomic E-state index is 13.3.